The van der Waals surface area contributed by atoms with Crippen molar-refractivity contribution < 1.29 is 9.18 Å². The highest BCUT2D eigenvalue weighted by Gasteiger charge is 2.50. The Morgan fingerprint density at radius 1 is 1.36 bits per heavy atom. The number of benzene rings is 1. The SMILES string of the molecule is CC1(C)CC2CC(C)(CN2C(=O)NCc2cccc(F)c2)C1. The van der Waals surface area contributed by atoms with Crippen LogP contribution in [0.1, 0.15) is 45.6 Å². The van der Waals surface area contributed by atoms with Gasteiger partial charge in [0.2, 0.25) is 0 Å². The molecule has 1 heterocycles. The van der Waals surface area contributed by atoms with Crippen molar-refractivity contribution in [1.29, 1.82) is 0 Å². The van der Waals surface area contributed by atoms with Crippen LogP contribution in [0.4, 0.5) is 9.18 Å². The highest BCUT2D eigenvalue weighted by Crippen LogP contribution is 2.52. The second-order valence-electron chi connectivity index (χ2n) is 8.13. The van der Waals surface area contributed by atoms with Gasteiger partial charge in [0.05, 0.1) is 0 Å². The maximum Gasteiger partial charge on any atom is 0.317 e. The number of carbonyl (C=O) groups is 1. The molecule has 1 aromatic carbocycles. The fourth-order valence-corrected chi connectivity index (χ4v) is 4.62. The Kier molecular flexibility index (Phi) is 3.66. The van der Waals surface area contributed by atoms with Crippen molar-refractivity contribution in [3.05, 3.63) is 35.6 Å². The third kappa shape index (κ3) is 3.11. The average Bonchev–Trinajstić information content (AvgIpc) is 2.65. The van der Waals surface area contributed by atoms with Gasteiger partial charge in [-0.15, -0.1) is 0 Å². The Labute approximate surface area is 131 Å². The first-order chi connectivity index (χ1) is 10.3. The number of fused-ring (bicyclic) bond motifs is 2. The molecule has 1 aromatic rings. The Morgan fingerprint density at radius 3 is 2.86 bits per heavy atom. The molecule has 1 aliphatic carbocycles. The molecule has 22 heavy (non-hydrogen) atoms. The topological polar surface area (TPSA) is 32.3 Å². The monoisotopic (exact) mass is 304 g/mol. The number of nitrogens with zero attached hydrogens (tertiary/aromatic N) is 1. The molecule has 1 aliphatic heterocycles. The van der Waals surface area contributed by atoms with Crippen LogP contribution in [0, 0.1) is 16.6 Å². The Morgan fingerprint density at radius 2 is 2.14 bits per heavy atom. The largest absolute Gasteiger partial charge is 0.334 e. The number of hydrogen-bond donors (Lipinski definition) is 1. The van der Waals surface area contributed by atoms with Gasteiger partial charge >= 0.3 is 6.03 Å². The molecule has 1 saturated carbocycles. The first-order valence-electron chi connectivity index (χ1n) is 8.05. The minimum atomic E-state index is -0.266. The first-order valence-corrected chi connectivity index (χ1v) is 8.05. The molecule has 120 valence electrons. The molecule has 2 unspecified atom stereocenters. The van der Waals surface area contributed by atoms with Crippen LogP contribution < -0.4 is 5.32 Å². The zero-order chi connectivity index (χ0) is 16.0. The van der Waals surface area contributed by atoms with Crippen molar-refractivity contribution in [1.82, 2.24) is 10.2 Å². The van der Waals surface area contributed by atoms with E-state index < -0.39 is 0 Å². The molecule has 2 amide bonds. The second-order valence-corrected chi connectivity index (χ2v) is 8.13. The molecule has 1 saturated heterocycles. The molecule has 2 aliphatic rings. The predicted molar refractivity (Wildman–Crippen MR) is 84.9 cm³/mol. The van der Waals surface area contributed by atoms with E-state index >= 15 is 0 Å². The molecule has 1 N–H and O–H groups in total. The molecular formula is C18H25FN2O. The van der Waals surface area contributed by atoms with Gasteiger partial charge in [-0.3, -0.25) is 0 Å². The van der Waals surface area contributed by atoms with Crippen LogP contribution in [-0.4, -0.2) is 23.5 Å². The van der Waals surface area contributed by atoms with Gasteiger partial charge in [-0.2, -0.15) is 0 Å². The maximum atomic E-state index is 13.2. The van der Waals surface area contributed by atoms with Crippen molar-refractivity contribution in [3.63, 3.8) is 0 Å². The third-order valence-corrected chi connectivity index (χ3v) is 5.01. The summed E-state index contributed by atoms with van der Waals surface area (Å²) in [5.41, 5.74) is 1.33. The zero-order valence-corrected chi connectivity index (χ0v) is 13.7. The summed E-state index contributed by atoms with van der Waals surface area (Å²) in [6, 6.07) is 6.70. The van der Waals surface area contributed by atoms with Crippen LogP contribution in [-0.2, 0) is 6.54 Å². The van der Waals surface area contributed by atoms with Gasteiger partial charge < -0.3 is 10.2 Å². The number of rotatable bonds is 2. The summed E-state index contributed by atoms with van der Waals surface area (Å²) in [5, 5.41) is 2.95. The quantitative estimate of drug-likeness (QED) is 0.882. The van der Waals surface area contributed by atoms with Crippen LogP contribution in [0.5, 0.6) is 0 Å². The summed E-state index contributed by atoms with van der Waals surface area (Å²) in [6.45, 7) is 8.09. The summed E-state index contributed by atoms with van der Waals surface area (Å²) in [4.78, 5) is 14.5. The number of urea groups is 1. The van der Waals surface area contributed by atoms with Crippen LogP contribution in [0.3, 0.4) is 0 Å². The molecule has 2 atom stereocenters. The smallest absolute Gasteiger partial charge is 0.317 e. The standard InChI is InChI=1S/C18H25FN2O/c1-17(2)8-15-9-18(3,11-17)12-21(15)16(22)20-10-13-5-4-6-14(19)7-13/h4-7,15H,8-12H2,1-3H3,(H,20,22). The Hall–Kier alpha value is -1.58. The minimum absolute atomic E-state index is 0.0179. The summed E-state index contributed by atoms with van der Waals surface area (Å²) in [5.74, 6) is -0.266. The van der Waals surface area contributed by atoms with Crippen molar-refractivity contribution in [3.8, 4) is 0 Å². The summed E-state index contributed by atoms with van der Waals surface area (Å²) in [7, 11) is 0. The number of carbonyl (C=O) groups excluding carboxylic acids is 1. The summed E-state index contributed by atoms with van der Waals surface area (Å²) >= 11 is 0. The van der Waals surface area contributed by atoms with Crippen molar-refractivity contribution in [2.75, 3.05) is 6.54 Å². The Bertz CT molecular complexity index is 586. The van der Waals surface area contributed by atoms with Gasteiger partial charge in [0.1, 0.15) is 5.82 Å². The first kappa shape index (κ1) is 15.3. The lowest BCUT2D eigenvalue weighted by molar-refractivity contribution is 0.129. The average molecular weight is 304 g/mol. The van der Waals surface area contributed by atoms with E-state index in [9.17, 15) is 9.18 Å². The molecule has 2 bridgehead atoms. The second kappa shape index (κ2) is 5.25. The van der Waals surface area contributed by atoms with Crippen molar-refractivity contribution in [2.45, 2.75) is 52.6 Å². The fraction of sp³-hybridized carbons (Fsp3) is 0.611. The summed E-state index contributed by atoms with van der Waals surface area (Å²) < 4.78 is 13.2. The predicted octanol–water partition coefficient (Wildman–Crippen LogP) is 3.94. The normalized spacial score (nSPS) is 29.5. The van der Waals surface area contributed by atoms with E-state index in [-0.39, 0.29) is 17.3 Å². The van der Waals surface area contributed by atoms with Crippen molar-refractivity contribution >= 4 is 6.03 Å². The molecule has 4 heteroatoms. The van der Waals surface area contributed by atoms with Gasteiger partial charge in [-0.25, -0.2) is 9.18 Å². The molecule has 0 aromatic heterocycles. The van der Waals surface area contributed by atoms with E-state index in [1.165, 1.54) is 18.6 Å². The van der Waals surface area contributed by atoms with Crippen LogP contribution in [0.2, 0.25) is 0 Å². The molecule has 3 nitrogen and oxygen atoms in total. The van der Waals surface area contributed by atoms with E-state index in [0.29, 0.717) is 18.0 Å². The zero-order valence-electron chi connectivity index (χ0n) is 13.7. The number of halogens is 1. The van der Waals surface area contributed by atoms with E-state index in [0.717, 1.165) is 24.9 Å². The number of likely N-dealkylation sites (tertiary alicyclic amines) is 1. The van der Waals surface area contributed by atoms with Gasteiger partial charge in [-0.1, -0.05) is 32.9 Å². The highest BCUT2D eigenvalue weighted by atomic mass is 19.1. The van der Waals surface area contributed by atoms with Gasteiger partial charge in [0.25, 0.3) is 0 Å². The molecule has 0 spiro atoms. The van der Waals surface area contributed by atoms with Crippen LogP contribution in [0.15, 0.2) is 24.3 Å². The van der Waals surface area contributed by atoms with E-state index in [2.05, 4.69) is 26.1 Å². The molecular weight excluding hydrogens is 279 g/mol. The fourth-order valence-electron chi connectivity index (χ4n) is 4.62. The number of hydrogen-bond acceptors (Lipinski definition) is 1. The molecule has 0 radical (unpaired) electrons. The number of nitrogens with one attached hydrogen (secondary N) is 1. The lowest BCUT2D eigenvalue weighted by Gasteiger charge is -2.39. The maximum absolute atomic E-state index is 13.2. The van der Waals surface area contributed by atoms with Gasteiger partial charge in [0, 0.05) is 19.1 Å². The van der Waals surface area contributed by atoms with Crippen LogP contribution in [0.25, 0.3) is 0 Å². The van der Waals surface area contributed by atoms with Crippen LogP contribution >= 0.6 is 0 Å². The Balaban J connectivity index is 1.64. The van der Waals surface area contributed by atoms with Crippen molar-refractivity contribution in [2.24, 2.45) is 10.8 Å². The lowest BCUT2D eigenvalue weighted by atomic mass is 9.65. The van der Waals surface area contributed by atoms with E-state index in [1.54, 1.807) is 6.07 Å². The molecule has 2 fully saturated rings. The van der Waals surface area contributed by atoms with Gasteiger partial charge in [-0.05, 0) is 47.8 Å². The van der Waals surface area contributed by atoms with E-state index in [4.69, 9.17) is 0 Å². The lowest BCUT2D eigenvalue weighted by Crippen LogP contribution is -2.43. The molecule has 3 rings (SSSR count). The summed E-state index contributed by atoms with van der Waals surface area (Å²) in [6.07, 6.45) is 3.34. The van der Waals surface area contributed by atoms with E-state index in [1.807, 2.05) is 11.0 Å². The third-order valence-electron chi connectivity index (χ3n) is 5.01. The highest BCUT2D eigenvalue weighted by molar-refractivity contribution is 5.75. The van der Waals surface area contributed by atoms with Gasteiger partial charge in [0.15, 0.2) is 0 Å². The number of amides is 2. The minimum Gasteiger partial charge on any atom is -0.334 e.